The monoisotopic (exact) mass is 176 g/mol. The van der Waals surface area contributed by atoms with E-state index < -0.39 is 0 Å². The van der Waals surface area contributed by atoms with Crippen LogP contribution in [0.2, 0.25) is 0 Å². The average Bonchev–Trinajstić information content (AvgIpc) is 1.83. The lowest BCUT2D eigenvalue weighted by Gasteiger charge is -2.18. The van der Waals surface area contributed by atoms with Gasteiger partial charge in [0.2, 0.25) is 0 Å². The maximum Gasteiger partial charge on any atom is 0.0564 e. The van der Waals surface area contributed by atoms with Crippen LogP contribution in [0.1, 0.15) is 53.4 Å². The normalized spacial score (nSPS) is 30.5. The van der Waals surface area contributed by atoms with Gasteiger partial charge in [-0.15, -0.1) is 0 Å². The van der Waals surface area contributed by atoms with Crippen molar-refractivity contribution in [1.82, 2.24) is 0 Å². The van der Waals surface area contributed by atoms with Gasteiger partial charge in [0, 0.05) is 0 Å². The van der Waals surface area contributed by atoms with Crippen LogP contribution in [0.3, 0.4) is 0 Å². The molecule has 0 spiro atoms. The summed E-state index contributed by atoms with van der Waals surface area (Å²) in [4.78, 5) is 0. The summed E-state index contributed by atoms with van der Waals surface area (Å²) >= 11 is 0. The Morgan fingerprint density at radius 2 is 1.17 bits per heavy atom. The van der Waals surface area contributed by atoms with E-state index in [-0.39, 0.29) is 27.1 Å². The summed E-state index contributed by atoms with van der Waals surface area (Å²) in [6.45, 7) is 0. The lowest BCUT2D eigenvalue weighted by Crippen LogP contribution is -2.19. The summed E-state index contributed by atoms with van der Waals surface area (Å²) in [5.41, 5.74) is 0. The second-order valence-corrected chi connectivity index (χ2v) is 3.18. The summed E-state index contributed by atoms with van der Waals surface area (Å²) in [5.74, 6) is 0. The van der Waals surface area contributed by atoms with Crippen molar-refractivity contribution in [3.05, 3.63) is 0 Å². The van der Waals surface area contributed by atoms with Crippen LogP contribution in [0.4, 0.5) is 0 Å². The van der Waals surface area contributed by atoms with Gasteiger partial charge in [-0.1, -0.05) is 34.1 Å². The van der Waals surface area contributed by atoms with Crippen LogP contribution >= 0.6 is 0 Å². The van der Waals surface area contributed by atoms with Gasteiger partial charge < -0.3 is 10.2 Å². The van der Waals surface area contributed by atoms with Gasteiger partial charge in [0.15, 0.2) is 0 Å². The van der Waals surface area contributed by atoms with Crippen molar-refractivity contribution < 1.29 is 10.2 Å². The first-order valence-electron chi connectivity index (χ1n) is 4.15. The fourth-order valence-electron chi connectivity index (χ4n) is 1.49. The van der Waals surface area contributed by atoms with E-state index in [9.17, 15) is 10.2 Å². The molecule has 2 nitrogen and oxygen atoms in total. The maximum atomic E-state index is 9.22. The molecule has 2 heteroatoms. The summed E-state index contributed by atoms with van der Waals surface area (Å²) in [7, 11) is 0. The fourth-order valence-corrected chi connectivity index (χ4v) is 1.49. The third-order valence-corrected chi connectivity index (χ3v) is 2.12. The molecular formula is C10H24O2. The Kier molecular flexibility index (Phi) is 9.10. The Morgan fingerprint density at radius 1 is 0.750 bits per heavy atom. The lowest BCUT2D eigenvalue weighted by atomic mass is 9.97. The Bertz CT molecular complexity index is 83.8. The van der Waals surface area contributed by atoms with Crippen molar-refractivity contribution in [1.29, 1.82) is 0 Å². The molecule has 2 atom stereocenters. The zero-order valence-electron chi connectivity index (χ0n) is 6.29. The first kappa shape index (κ1) is 14.4. The van der Waals surface area contributed by atoms with Gasteiger partial charge in [0.1, 0.15) is 0 Å². The van der Waals surface area contributed by atoms with E-state index in [1.54, 1.807) is 0 Å². The first-order valence-corrected chi connectivity index (χ1v) is 4.15. The molecule has 76 valence electrons. The Labute approximate surface area is 76.6 Å². The zero-order valence-corrected chi connectivity index (χ0v) is 6.29. The standard InChI is InChI=1S/C8H16O2.2CH4/c9-7-4-2-1-3-5-8(10)6-7;;/h7-10H,1-6H2;2*1H4. The van der Waals surface area contributed by atoms with E-state index in [0.717, 1.165) is 32.1 Å². The van der Waals surface area contributed by atoms with Gasteiger partial charge in [-0.3, -0.25) is 0 Å². The van der Waals surface area contributed by atoms with E-state index >= 15 is 0 Å². The van der Waals surface area contributed by atoms with E-state index in [1.165, 1.54) is 0 Å². The highest BCUT2D eigenvalue weighted by atomic mass is 16.3. The van der Waals surface area contributed by atoms with Gasteiger partial charge >= 0.3 is 0 Å². The van der Waals surface area contributed by atoms with Crippen LogP contribution in [0.25, 0.3) is 0 Å². The quantitative estimate of drug-likeness (QED) is 0.594. The molecule has 0 saturated heterocycles. The second kappa shape index (κ2) is 7.56. The molecule has 1 rings (SSSR count). The molecule has 1 aliphatic carbocycles. The second-order valence-electron chi connectivity index (χ2n) is 3.18. The molecule has 2 unspecified atom stereocenters. The molecule has 2 N–H and O–H groups in total. The minimum Gasteiger partial charge on any atom is -0.393 e. The summed E-state index contributed by atoms with van der Waals surface area (Å²) in [6, 6.07) is 0. The SMILES string of the molecule is C.C.OC1CCCCCC(O)C1. The summed E-state index contributed by atoms with van der Waals surface area (Å²) < 4.78 is 0. The molecule has 1 saturated carbocycles. The highest BCUT2D eigenvalue weighted by Crippen LogP contribution is 2.17. The van der Waals surface area contributed by atoms with E-state index in [1.807, 2.05) is 0 Å². The Morgan fingerprint density at radius 3 is 1.58 bits per heavy atom. The van der Waals surface area contributed by atoms with Crippen LogP contribution in [0, 0.1) is 0 Å². The molecule has 1 fully saturated rings. The van der Waals surface area contributed by atoms with Crippen LogP contribution < -0.4 is 0 Å². The largest absolute Gasteiger partial charge is 0.393 e. The average molecular weight is 176 g/mol. The molecule has 0 bridgehead atoms. The number of hydrogen-bond acceptors (Lipinski definition) is 2. The predicted octanol–water partition coefficient (Wildman–Crippen LogP) is 2.33. The molecule has 0 aromatic heterocycles. The molecule has 12 heavy (non-hydrogen) atoms. The van der Waals surface area contributed by atoms with Crippen LogP contribution in [-0.2, 0) is 0 Å². The van der Waals surface area contributed by atoms with Crippen molar-refractivity contribution in [3.63, 3.8) is 0 Å². The molecule has 1 aliphatic rings. The number of rotatable bonds is 0. The molecular weight excluding hydrogens is 152 g/mol. The number of hydrogen-bond donors (Lipinski definition) is 2. The van der Waals surface area contributed by atoms with Gasteiger partial charge in [0.05, 0.1) is 12.2 Å². The maximum absolute atomic E-state index is 9.22. The Hall–Kier alpha value is -0.0800. The van der Waals surface area contributed by atoms with Gasteiger partial charge in [-0.2, -0.15) is 0 Å². The smallest absolute Gasteiger partial charge is 0.0564 e. The Balaban J connectivity index is 0. The molecule has 0 aromatic carbocycles. The van der Waals surface area contributed by atoms with Gasteiger partial charge in [-0.25, -0.2) is 0 Å². The van der Waals surface area contributed by atoms with Crippen molar-refractivity contribution in [2.45, 2.75) is 65.6 Å². The van der Waals surface area contributed by atoms with Crippen LogP contribution in [0.5, 0.6) is 0 Å². The lowest BCUT2D eigenvalue weighted by molar-refractivity contribution is 0.0601. The molecule has 0 radical (unpaired) electrons. The van der Waals surface area contributed by atoms with E-state index in [0.29, 0.717) is 6.42 Å². The van der Waals surface area contributed by atoms with Crippen molar-refractivity contribution >= 4 is 0 Å². The van der Waals surface area contributed by atoms with E-state index in [2.05, 4.69) is 0 Å². The summed E-state index contributed by atoms with van der Waals surface area (Å²) in [5, 5.41) is 18.4. The number of aliphatic hydroxyl groups is 2. The third-order valence-electron chi connectivity index (χ3n) is 2.12. The zero-order chi connectivity index (χ0) is 7.40. The van der Waals surface area contributed by atoms with E-state index in [4.69, 9.17) is 0 Å². The molecule has 0 heterocycles. The van der Waals surface area contributed by atoms with Crippen LogP contribution in [-0.4, -0.2) is 22.4 Å². The highest BCUT2D eigenvalue weighted by Gasteiger charge is 2.13. The first-order chi connectivity index (χ1) is 4.79. The molecule has 0 aromatic rings. The van der Waals surface area contributed by atoms with Gasteiger partial charge in [-0.05, 0) is 19.3 Å². The fraction of sp³-hybridized carbons (Fsp3) is 1.00. The summed E-state index contributed by atoms with van der Waals surface area (Å²) in [6.07, 6.45) is 5.22. The van der Waals surface area contributed by atoms with Crippen molar-refractivity contribution in [2.24, 2.45) is 0 Å². The number of aliphatic hydroxyl groups excluding tert-OH is 2. The van der Waals surface area contributed by atoms with Crippen LogP contribution in [0.15, 0.2) is 0 Å². The minimum atomic E-state index is -0.254. The highest BCUT2D eigenvalue weighted by molar-refractivity contribution is 4.67. The van der Waals surface area contributed by atoms with Gasteiger partial charge in [0.25, 0.3) is 0 Å². The van der Waals surface area contributed by atoms with Crippen molar-refractivity contribution in [3.8, 4) is 0 Å². The molecule has 0 aliphatic heterocycles. The predicted molar refractivity (Wildman–Crippen MR) is 53.2 cm³/mol. The minimum absolute atomic E-state index is 0. The topological polar surface area (TPSA) is 40.5 Å². The molecule has 0 amide bonds. The third kappa shape index (κ3) is 5.56. The van der Waals surface area contributed by atoms with Crippen molar-refractivity contribution in [2.75, 3.05) is 0 Å².